The Kier molecular flexibility index (Phi) is 8.43. The Labute approximate surface area is 193 Å². The molecular weight excluding hydrogens is 424 g/mol. The number of ether oxygens (including phenoxy) is 2. The molecule has 8 nitrogen and oxygen atoms in total. The van der Waals surface area contributed by atoms with Crippen molar-refractivity contribution in [2.75, 3.05) is 20.3 Å². The fraction of sp³-hybridized carbons (Fsp3) is 0.400. The second-order valence-corrected chi connectivity index (χ2v) is 7.99. The number of alkyl carbamates (subject to hydrolysis) is 1. The van der Waals surface area contributed by atoms with Gasteiger partial charge in [-0.2, -0.15) is 0 Å². The molecule has 0 spiro atoms. The maximum Gasteiger partial charge on any atom is 0.407 e. The molecule has 0 heterocycles. The molecule has 3 rings (SSSR count). The van der Waals surface area contributed by atoms with Crippen molar-refractivity contribution >= 4 is 18.0 Å². The molecule has 176 valence electrons. The number of hydrogen-bond acceptors (Lipinski definition) is 5. The number of carboxylic acid groups (broad SMARTS) is 1. The molecule has 0 aromatic heterocycles. The van der Waals surface area contributed by atoms with Crippen molar-refractivity contribution in [3.05, 3.63) is 59.7 Å². The summed E-state index contributed by atoms with van der Waals surface area (Å²) in [5.41, 5.74) is 4.42. The smallest absolute Gasteiger partial charge is 0.407 e. The molecule has 3 N–H and O–H groups in total. The standard InChI is InChI=1S/C25H30N2O6/c1-3-8-22(24(29)30)26-23(28)21(13-14-32-2)27-25(31)33-15-20-18-11-6-4-9-16(18)17-10-5-7-12-19(17)20/h4-7,9-12,20-22H,3,8,13-15H2,1-2H3,(H,26,28)(H,27,31)(H,29,30). The first-order valence-electron chi connectivity index (χ1n) is 11.1. The predicted octanol–water partition coefficient (Wildman–Crippen LogP) is 3.30. The van der Waals surface area contributed by atoms with E-state index >= 15 is 0 Å². The lowest BCUT2D eigenvalue weighted by molar-refractivity contribution is -0.142. The summed E-state index contributed by atoms with van der Waals surface area (Å²) in [4.78, 5) is 36.6. The van der Waals surface area contributed by atoms with Crippen LogP contribution in [-0.4, -0.2) is 55.5 Å². The zero-order chi connectivity index (χ0) is 23.8. The molecule has 8 heteroatoms. The number of fused-ring (bicyclic) bond motifs is 3. The SMILES string of the molecule is CCCC(NC(=O)C(CCOC)NC(=O)OCC1c2ccccc2-c2ccccc21)C(=O)O. The van der Waals surface area contributed by atoms with E-state index in [0.717, 1.165) is 22.3 Å². The van der Waals surface area contributed by atoms with Gasteiger partial charge in [0.15, 0.2) is 0 Å². The summed E-state index contributed by atoms with van der Waals surface area (Å²) >= 11 is 0. The third-order valence-corrected chi connectivity index (χ3v) is 5.75. The topological polar surface area (TPSA) is 114 Å². The van der Waals surface area contributed by atoms with E-state index in [9.17, 15) is 19.5 Å². The van der Waals surface area contributed by atoms with Crippen molar-refractivity contribution in [3.8, 4) is 11.1 Å². The average molecular weight is 455 g/mol. The van der Waals surface area contributed by atoms with Crippen LogP contribution < -0.4 is 10.6 Å². The predicted molar refractivity (Wildman–Crippen MR) is 123 cm³/mol. The molecule has 0 radical (unpaired) electrons. The number of carbonyl (C=O) groups is 3. The van der Waals surface area contributed by atoms with Gasteiger partial charge in [-0.3, -0.25) is 4.79 Å². The van der Waals surface area contributed by atoms with Gasteiger partial charge in [-0.25, -0.2) is 9.59 Å². The van der Waals surface area contributed by atoms with Crippen LogP contribution in [0.25, 0.3) is 11.1 Å². The summed E-state index contributed by atoms with van der Waals surface area (Å²) in [5.74, 6) is -1.80. The van der Waals surface area contributed by atoms with Crippen molar-refractivity contribution in [1.82, 2.24) is 10.6 Å². The van der Waals surface area contributed by atoms with Gasteiger partial charge in [-0.15, -0.1) is 0 Å². The lowest BCUT2D eigenvalue weighted by Crippen LogP contribution is -2.52. The number of benzene rings is 2. The molecule has 1 aliphatic rings. The van der Waals surface area contributed by atoms with Crippen LogP contribution in [0, 0.1) is 0 Å². The molecule has 0 bridgehead atoms. The number of amides is 2. The highest BCUT2D eigenvalue weighted by atomic mass is 16.5. The zero-order valence-corrected chi connectivity index (χ0v) is 18.9. The van der Waals surface area contributed by atoms with E-state index in [1.54, 1.807) is 0 Å². The van der Waals surface area contributed by atoms with Crippen molar-refractivity contribution in [2.24, 2.45) is 0 Å². The van der Waals surface area contributed by atoms with E-state index in [2.05, 4.69) is 22.8 Å². The van der Waals surface area contributed by atoms with E-state index in [1.807, 2.05) is 43.3 Å². The Hall–Kier alpha value is -3.39. The first-order valence-corrected chi connectivity index (χ1v) is 11.1. The molecule has 2 unspecified atom stereocenters. The Morgan fingerprint density at radius 1 is 0.939 bits per heavy atom. The van der Waals surface area contributed by atoms with Gasteiger partial charge in [-0.05, 0) is 28.7 Å². The summed E-state index contributed by atoms with van der Waals surface area (Å²) in [6, 6.07) is 14.0. The largest absolute Gasteiger partial charge is 0.480 e. The first kappa shape index (κ1) is 24.3. The Bertz CT molecular complexity index is 947. The van der Waals surface area contributed by atoms with E-state index in [4.69, 9.17) is 9.47 Å². The number of hydrogen-bond donors (Lipinski definition) is 3. The fourth-order valence-electron chi connectivity index (χ4n) is 4.11. The summed E-state index contributed by atoms with van der Waals surface area (Å²) in [5, 5.41) is 14.4. The number of methoxy groups -OCH3 is 1. The van der Waals surface area contributed by atoms with Crippen molar-refractivity contribution in [1.29, 1.82) is 0 Å². The second kappa shape index (κ2) is 11.5. The van der Waals surface area contributed by atoms with Gasteiger partial charge in [0, 0.05) is 26.1 Å². The van der Waals surface area contributed by atoms with Crippen LogP contribution in [0.1, 0.15) is 43.2 Å². The van der Waals surface area contributed by atoms with Gasteiger partial charge in [0.1, 0.15) is 18.7 Å². The molecule has 0 saturated heterocycles. The van der Waals surface area contributed by atoms with Gasteiger partial charge in [0.25, 0.3) is 0 Å². The second-order valence-electron chi connectivity index (χ2n) is 7.99. The normalized spacial score (nSPS) is 14.0. The molecule has 0 saturated carbocycles. The number of carboxylic acids is 1. The van der Waals surface area contributed by atoms with Crippen LogP contribution in [0.5, 0.6) is 0 Å². The Morgan fingerprint density at radius 2 is 1.55 bits per heavy atom. The monoisotopic (exact) mass is 454 g/mol. The van der Waals surface area contributed by atoms with Gasteiger partial charge in [0.05, 0.1) is 0 Å². The van der Waals surface area contributed by atoms with Gasteiger partial charge in [0.2, 0.25) is 5.91 Å². The van der Waals surface area contributed by atoms with Crippen molar-refractivity contribution < 1.29 is 29.0 Å². The number of carbonyl (C=O) groups excluding carboxylic acids is 2. The highest BCUT2D eigenvalue weighted by Crippen LogP contribution is 2.44. The third kappa shape index (κ3) is 5.90. The zero-order valence-electron chi connectivity index (χ0n) is 18.9. The highest BCUT2D eigenvalue weighted by Gasteiger charge is 2.30. The number of rotatable bonds is 11. The van der Waals surface area contributed by atoms with E-state index < -0.39 is 30.1 Å². The minimum absolute atomic E-state index is 0.102. The lowest BCUT2D eigenvalue weighted by atomic mass is 9.98. The quantitative estimate of drug-likeness (QED) is 0.480. The first-order chi connectivity index (χ1) is 16.0. The molecule has 1 aliphatic carbocycles. The molecular formula is C25H30N2O6. The van der Waals surface area contributed by atoms with Crippen LogP contribution in [-0.2, 0) is 19.1 Å². The van der Waals surface area contributed by atoms with Crippen LogP contribution in [0.2, 0.25) is 0 Å². The number of nitrogens with one attached hydrogen (secondary N) is 2. The van der Waals surface area contributed by atoms with Crippen LogP contribution >= 0.6 is 0 Å². The summed E-state index contributed by atoms with van der Waals surface area (Å²) in [6.45, 7) is 2.17. The molecule has 0 aliphatic heterocycles. The fourth-order valence-corrected chi connectivity index (χ4v) is 4.11. The van der Waals surface area contributed by atoms with Gasteiger partial charge in [-0.1, -0.05) is 61.9 Å². The van der Waals surface area contributed by atoms with Crippen molar-refractivity contribution in [3.63, 3.8) is 0 Å². The van der Waals surface area contributed by atoms with Gasteiger partial charge < -0.3 is 25.2 Å². The molecule has 2 atom stereocenters. The summed E-state index contributed by atoms with van der Waals surface area (Å²) in [7, 11) is 1.49. The maximum absolute atomic E-state index is 12.7. The van der Waals surface area contributed by atoms with E-state index in [1.165, 1.54) is 7.11 Å². The minimum atomic E-state index is -1.11. The van der Waals surface area contributed by atoms with Gasteiger partial charge >= 0.3 is 12.1 Å². The Balaban J connectivity index is 1.65. The van der Waals surface area contributed by atoms with E-state index in [-0.39, 0.29) is 25.6 Å². The summed E-state index contributed by atoms with van der Waals surface area (Å²) in [6.07, 6.45) is 0.337. The van der Waals surface area contributed by atoms with Crippen molar-refractivity contribution in [2.45, 2.75) is 44.2 Å². The lowest BCUT2D eigenvalue weighted by Gasteiger charge is -2.21. The average Bonchev–Trinajstić information content (AvgIpc) is 3.13. The van der Waals surface area contributed by atoms with Crippen LogP contribution in [0.3, 0.4) is 0 Å². The third-order valence-electron chi connectivity index (χ3n) is 5.75. The van der Waals surface area contributed by atoms with Crippen LogP contribution in [0.15, 0.2) is 48.5 Å². The number of aliphatic carboxylic acids is 1. The van der Waals surface area contributed by atoms with E-state index in [0.29, 0.717) is 12.8 Å². The minimum Gasteiger partial charge on any atom is -0.480 e. The highest BCUT2D eigenvalue weighted by molar-refractivity contribution is 5.89. The molecule has 2 aromatic carbocycles. The molecule has 2 amide bonds. The Morgan fingerprint density at radius 3 is 2.09 bits per heavy atom. The molecule has 0 fully saturated rings. The van der Waals surface area contributed by atoms with Crippen LogP contribution in [0.4, 0.5) is 4.79 Å². The molecule has 33 heavy (non-hydrogen) atoms. The maximum atomic E-state index is 12.7. The summed E-state index contributed by atoms with van der Waals surface area (Å²) < 4.78 is 10.5. The molecule has 2 aromatic rings.